The van der Waals surface area contributed by atoms with Crippen LogP contribution in [0.5, 0.6) is 0 Å². The Bertz CT molecular complexity index is 1820. The molecular weight excluding hydrogens is 656 g/mol. The topological polar surface area (TPSA) is 260 Å². The number of halogens is 2. The van der Waals surface area contributed by atoms with Crippen molar-refractivity contribution in [2.24, 2.45) is 0 Å². The van der Waals surface area contributed by atoms with Gasteiger partial charge in [-0.25, -0.2) is 33.3 Å². The van der Waals surface area contributed by atoms with Crippen LogP contribution in [-0.4, -0.2) is 87.8 Å². The fourth-order valence-corrected chi connectivity index (χ4v) is 6.29. The van der Waals surface area contributed by atoms with E-state index in [0.717, 1.165) is 6.33 Å². The number of nitrogens with one attached hydrogen (secondary N) is 1. The SMILES string of the molecule is Nc1nc2c(ncn2[C@H]2C[C@@H](F)[C@@H](CO[PH](=O)OC3[C@@H](COP(=O)(O)S)O[C@@H](n4cnc5c(N)ncnc54)[C@H]3F)O2)c(=O)[nH]1. The second kappa shape index (κ2) is 12.0. The van der Waals surface area contributed by atoms with Gasteiger partial charge in [0.2, 0.25) is 5.95 Å². The molecule has 0 amide bonds. The third kappa shape index (κ3) is 6.09. The van der Waals surface area contributed by atoms with Crippen LogP contribution >= 0.6 is 27.3 Å². The van der Waals surface area contributed by atoms with E-state index in [1.54, 1.807) is 0 Å². The van der Waals surface area contributed by atoms with Crippen molar-refractivity contribution >= 4 is 61.4 Å². The number of H-pyrrole nitrogens is 1. The average Bonchev–Trinajstić information content (AvgIpc) is 3.72. The van der Waals surface area contributed by atoms with Gasteiger partial charge in [-0.05, 0) is 0 Å². The number of rotatable bonds is 10. The van der Waals surface area contributed by atoms with E-state index in [9.17, 15) is 23.2 Å². The largest absolute Gasteiger partial charge is 0.383 e. The van der Waals surface area contributed by atoms with Crippen LogP contribution in [0.1, 0.15) is 18.9 Å². The molecule has 0 radical (unpaired) electrons. The predicted molar refractivity (Wildman–Crippen MR) is 149 cm³/mol. The monoisotopic (exact) mass is 680 g/mol. The van der Waals surface area contributed by atoms with Gasteiger partial charge >= 0.3 is 15.1 Å². The van der Waals surface area contributed by atoms with Crippen molar-refractivity contribution in [2.75, 3.05) is 24.7 Å². The lowest BCUT2D eigenvalue weighted by atomic mass is 10.1. The second-order valence-electron chi connectivity index (χ2n) is 9.68. The van der Waals surface area contributed by atoms with E-state index < -0.39 is 76.9 Å². The smallest absolute Gasteiger partial charge is 0.382 e. The maximum absolute atomic E-state index is 15.8. The Morgan fingerprint density at radius 3 is 2.64 bits per heavy atom. The summed E-state index contributed by atoms with van der Waals surface area (Å²) >= 11 is 3.43. The van der Waals surface area contributed by atoms with Gasteiger partial charge in [0.15, 0.2) is 35.0 Å². The number of aromatic nitrogens is 8. The molecule has 6 heterocycles. The van der Waals surface area contributed by atoms with E-state index in [0.29, 0.717) is 0 Å². The minimum absolute atomic E-state index is 0.0252. The summed E-state index contributed by atoms with van der Waals surface area (Å²) in [6, 6.07) is 0. The molecule has 0 bridgehead atoms. The number of aromatic amines is 1. The molecule has 4 aromatic heterocycles. The van der Waals surface area contributed by atoms with Crippen molar-refractivity contribution in [3.8, 4) is 0 Å². The molecule has 2 fully saturated rings. The number of thiol groups is 1. The number of imidazole rings is 2. The number of nitrogens with zero attached hydrogens (tertiary/aromatic N) is 7. The van der Waals surface area contributed by atoms with Gasteiger partial charge in [-0.3, -0.25) is 28.0 Å². The van der Waals surface area contributed by atoms with Crippen molar-refractivity contribution in [1.82, 2.24) is 39.0 Å². The van der Waals surface area contributed by atoms with E-state index in [1.165, 1.54) is 21.8 Å². The van der Waals surface area contributed by atoms with E-state index in [2.05, 4.69) is 42.2 Å². The van der Waals surface area contributed by atoms with Crippen molar-refractivity contribution in [1.29, 1.82) is 0 Å². The van der Waals surface area contributed by atoms with Gasteiger partial charge in [-0.15, -0.1) is 0 Å². The predicted octanol–water partition coefficient (Wildman–Crippen LogP) is 0.823. The number of fused-ring (bicyclic) bond motifs is 2. The fraction of sp³-hybridized carbons (Fsp3) is 0.500. The summed E-state index contributed by atoms with van der Waals surface area (Å²) in [6.07, 6.45) is -6.91. The number of nitrogen functional groups attached to an aromatic ring is 2. The van der Waals surface area contributed by atoms with Gasteiger partial charge in [0, 0.05) is 6.42 Å². The van der Waals surface area contributed by atoms with Gasteiger partial charge in [0.1, 0.15) is 42.6 Å². The molecular formula is C20H24F2N10O9P2S. The van der Waals surface area contributed by atoms with Crippen LogP contribution < -0.4 is 17.0 Å². The third-order valence-electron chi connectivity index (χ3n) is 6.86. The Labute approximate surface area is 249 Å². The summed E-state index contributed by atoms with van der Waals surface area (Å²) in [4.78, 5) is 43.7. The number of alkyl halides is 2. The van der Waals surface area contributed by atoms with Crippen LogP contribution in [0.4, 0.5) is 20.5 Å². The zero-order valence-electron chi connectivity index (χ0n) is 22.0. The number of ether oxygens (including phenoxy) is 2. The lowest BCUT2D eigenvalue weighted by Crippen LogP contribution is -2.33. The standard InChI is InChI=1S/C20H24F2N10O9P2S/c21-7-1-10(31-5-28-13-17(31)29-20(24)30-18(13)33)39-8(7)2-37-42(34)41-14-9(3-38-43(35,36)44)40-19(11(14)22)32-6-27-12-15(23)25-4-26-16(12)32/h4-11,14,19,42H,1-3H2,(H2,23,25,26)(H2,35,36,44)(H3,24,29,30,33)/t7-,8-,9-,10-,11+,14?,19-/m1/s1. The number of anilines is 2. The fourth-order valence-electron chi connectivity index (χ4n) is 4.88. The minimum Gasteiger partial charge on any atom is -0.382 e. The van der Waals surface area contributed by atoms with E-state index in [4.69, 9.17) is 34.5 Å². The van der Waals surface area contributed by atoms with E-state index in [-0.39, 0.29) is 40.5 Å². The summed E-state index contributed by atoms with van der Waals surface area (Å²) < 4.78 is 84.3. The van der Waals surface area contributed by atoms with E-state index >= 15 is 4.39 Å². The van der Waals surface area contributed by atoms with Crippen LogP contribution in [0, 0.1) is 0 Å². The lowest BCUT2D eigenvalue weighted by Gasteiger charge is -2.20. The highest BCUT2D eigenvalue weighted by molar-refractivity contribution is 8.44. The summed E-state index contributed by atoms with van der Waals surface area (Å²) in [7, 11) is -3.54. The molecule has 238 valence electrons. The number of nitrogens with two attached hydrogens (primary N) is 2. The normalized spacial score (nSPS) is 29.4. The molecule has 44 heavy (non-hydrogen) atoms. The van der Waals surface area contributed by atoms with Gasteiger partial charge < -0.3 is 34.9 Å². The molecule has 19 nitrogen and oxygen atoms in total. The maximum Gasteiger partial charge on any atom is 0.383 e. The van der Waals surface area contributed by atoms with Gasteiger partial charge in [0.25, 0.3) is 5.56 Å². The Kier molecular flexibility index (Phi) is 8.46. The minimum atomic E-state index is -4.32. The summed E-state index contributed by atoms with van der Waals surface area (Å²) in [5.74, 6) is -0.139. The summed E-state index contributed by atoms with van der Waals surface area (Å²) in [5.41, 5.74) is 11.1. The Morgan fingerprint density at radius 2 is 1.86 bits per heavy atom. The molecule has 0 aromatic carbocycles. The van der Waals surface area contributed by atoms with Gasteiger partial charge in [-0.1, -0.05) is 12.2 Å². The highest BCUT2D eigenvalue weighted by Gasteiger charge is 2.49. The van der Waals surface area contributed by atoms with Crippen LogP contribution in [0.3, 0.4) is 0 Å². The summed E-state index contributed by atoms with van der Waals surface area (Å²) in [5, 5.41) is 0. The van der Waals surface area contributed by atoms with Crippen molar-refractivity contribution in [3.63, 3.8) is 0 Å². The zero-order valence-corrected chi connectivity index (χ0v) is 24.8. The molecule has 6 rings (SSSR count). The molecule has 9 atom stereocenters. The number of hydrogen-bond donors (Lipinski definition) is 5. The second-order valence-corrected chi connectivity index (χ2v) is 13.5. The third-order valence-corrected chi connectivity index (χ3v) is 8.55. The molecule has 4 aromatic rings. The Balaban J connectivity index is 1.13. The summed E-state index contributed by atoms with van der Waals surface area (Å²) in [6.45, 7) is -5.56. The molecule has 24 heteroatoms. The van der Waals surface area contributed by atoms with Gasteiger partial charge in [-0.2, -0.15) is 4.98 Å². The van der Waals surface area contributed by atoms with Crippen molar-refractivity contribution in [3.05, 3.63) is 29.3 Å². The van der Waals surface area contributed by atoms with Crippen LogP contribution in [0.2, 0.25) is 0 Å². The maximum atomic E-state index is 15.8. The molecule has 0 spiro atoms. The Hall–Kier alpha value is -3.07. The zero-order chi connectivity index (χ0) is 31.3. The highest BCUT2D eigenvalue weighted by atomic mass is 32.7. The quantitative estimate of drug-likeness (QED) is 0.115. The number of hydrogen-bond acceptors (Lipinski definition) is 15. The molecule has 2 saturated heterocycles. The molecule has 2 aliphatic rings. The molecule has 3 unspecified atom stereocenters. The average molecular weight is 680 g/mol. The molecule has 2 aliphatic heterocycles. The first-order valence-electron chi connectivity index (χ1n) is 12.7. The lowest BCUT2D eigenvalue weighted by molar-refractivity contribution is -0.0427. The Morgan fingerprint density at radius 1 is 1.11 bits per heavy atom. The van der Waals surface area contributed by atoms with E-state index in [1.807, 2.05) is 0 Å². The van der Waals surface area contributed by atoms with Crippen molar-refractivity contribution < 1.29 is 45.8 Å². The van der Waals surface area contributed by atoms with Crippen LogP contribution in [0.15, 0.2) is 23.8 Å². The first-order chi connectivity index (χ1) is 20.9. The first-order valence-corrected chi connectivity index (χ1v) is 16.6. The van der Waals surface area contributed by atoms with Gasteiger partial charge in [0.05, 0.1) is 25.9 Å². The molecule has 0 aliphatic carbocycles. The molecule has 0 saturated carbocycles. The molecule has 6 N–H and O–H groups in total. The first kappa shape index (κ1) is 30.9. The van der Waals surface area contributed by atoms with Crippen LogP contribution in [-0.2, 0) is 32.2 Å². The van der Waals surface area contributed by atoms with Crippen LogP contribution in [0.25, 0.3) is 22.3 Å². The van der Waals surface area contributed by atoms with Crippen molar-refractivity contribution in [2.45, 2.75) is 49.5 Å². The highest BCUT2D eigenvalue weighted by Crippen LogP contribution is 2.48.